The molecule has 2 heterocycles. The molecule has 3 rings (SSSR count). The summed E-state index contributed by atoms with van der Waals surface area (Å²) in [5.74, 6) is -1.62. The second-order valence-corrected chi connectivity index (χ2v) is 8.77. The second kappa shape index (κ2) is 6.45. The molecule has 0 unspecified atom stereocenters. The molecule has 9 heteroatoms. The highest BCUT2D eigenvalue weighted by molar-refractivity contribution is 7.89. The van der Waals surface area contributed by atoms with Crippen LogP contribution in [0.3, 0.4) is 0 Å². The molecule has 1 aliphatic heterocycles. The average molecular weight is 369 g/mol. The number of amides is 1. The number of hydrogen-bond acceptors (Lipinski definition) is 4. The monoisotopic (exact) mass is 369 g/mol. The number of carboxylic acid groups (broad SMARTS) is 1. The number of aryl methyl sites for hydroxylation is 1. The minimum atomic E-state index is -3.63. The first-order valence-electron chi connectivity index (χ1n) is 8.49. The van der Waals surface area contributed by atoms with Gasteiger partial charge in [-0.15, -0.1) is 0 Å². The molecule has 0 atom stereocenters. The van der Waals surface area contributed by atoms with Crippen LogP contribution in [-0.2, 0) is 21.9 Å². The fourth-order valence-corrected chi connectivity index (χ4v) is 4.95. The van der Waals surface area contributed by atoms with Crippen LogP contribution in [0.25, 0.3) is 0 Å². The summed E-state index contributed by atoms with van der Waals surface area (Å²) in [5.41, 5.74) is -1.09. The lowest BCUT2D eigenvalue weighted by atomic mass is 9.76. The molecule has 2 fully saturated rings. The van der Waals surface area contributed by atoms with E-state index < -0.39 is 27.4 Å². The largest absolute Gasteiger partial charge is 0.480 e. The molecule has 0 spiro atoms. The Morgan fingerprint density at radius 2 is 1.80 bits per heavy atom. The fraction of sp³-hybridized carbons (Fsp3) is 0.625. The molecule has 1 aromatic heterocycles. The summed E-state index contributed by atoms with van der Waals surface area (Å²) in [6.45, 7) is 0.974. The van der Waals surface area contributed by atoms with Crippen LogP contribution in [0.15, 0.2) is 17.2 Å². The molecular formula is C16H23N3O5S. The molecule has 8 nitrogen and oxygen atoms in total. The summed E-state index contributed by atoms with van der Waals surface area (Å²) in [4.78, 5) is 24.0. The summed E-state index contributed by atoms with van der Waals surface area (Å²) in [7, 11) is -2.05. The highest BCUT2D eigenvalue weighted by Gasteiger charge is 2.46. The molecule has 1 saturated heterocycles. The number of carbonyl (C=O) groups is 2. The van der Waals surface area contributed by atoms with Crippen molar-refractivity contribution in [3.05, 3.63) is 18.0 Å². The predicted molar refractivity (Wildman–Crippen MR) is 89.7 cm³/mol. The number of nitrogens with zero attached hydrogens (tertiary/aromatic N) is 2. The van der Waals surface area contributed by atoms with Crippen LogP contribution < -0.4 is 5.32 Å². The maximum atomic E-state index is 12.7. The van der Waals surface area contributed by atoms with Gasteiger partial charge in [0.1, 0.15) is 16.1 Å². The molecule has 25 heavy (non-hydrogen) atoms. The van der Waals surface area contributed by atoms with Crippen LogP contribution in [-0.4, -0.2) is 52.9 Å². The Morgan fingerprint density at radius 3 is 2.32 bits per heavy atom. The number of carbonyl (C=O) groups excluding carboxylic acids is 1. The number of sulfonamides is 1. The van der Waals surface area contributed by atoms with Crippen LogP contribution in [0.1, 0.15) is 49.0 Å². The van der Waals surface area contributed by atoms with Gasteiger partial charge < -0.3 is 15.0 Å². The van der Waals surface area contributed by atoms with Crippen molar-refractivity contribution >= 4 is 21.9 Å². The lowest BCUT2D eigenvalue weighted by molar-refractivity contribution is -0.148. The van der Waals surface area contributed by atoms with E-state index in [2.05, 4.69) is 5.32 Å². The third-order valence-electron chi connectivity index (χ3n) is 5.13. The van der Waals surface area contributed by atoms with Crippen molar-refractivity contribution in [2.24, 2.45) is 7.05 Å². The highest BCUT2D eigenvalue weighted by Crippen LogP contribution is 2.32. The van der Waals surface area contributed by atoms with Crippen molar-refractivity contribution in [1.82, 2.24) is 14.2 Å². The van der Waals surface area contributed by atoms with Crippen molar-refractivity contribution in [2.75, 3.05) is 13.1 Å². The van der Waals surface area contributed by atoms with Crippen molar-refractivity contribution in [2.45, 2.75) is 49.0 Å². The SMILES string of the molecule is Cn1cc(S(=O)(=O)N2CCCCC2)cc1C(=O)NC1(C(=O)O)CCC1. The molecule has 2 aliphatic rings. The summed E-state index contributed by atoms with van der Waals surface area (Å²) < 4.78 is 28.3. The lowest BCUT2D eigenvalue weighted by Gasteiger charge is -2.38. The van der Waals surface area contributed by atoms with Crippen LogP contribution in [0.2, 0.25) is 0 Å². The summed E-state index contributed by atoms with van der Waals surface area (Å²) >= 11 is 0. The first-order valence-corrected chi connectivity index (χ1v) is 9.93. The van der Waals surface area contributed by atoms with Gasteiger partial charge in [0.2, 0.25) is 10.0 Å². The topological polar surface area (TPSA) is 109 Å². The number of aliphatic carboxylic acids is 1. The third-order valence-corrected chi connectivity index (χ3v) is 7.00. The van der Waals surface area contributed by atoms with E-state index in [0.29, 0.717) is 25.9 Å². The molecule has 0 aromatic carbocycles. The molecule has 2 N–H and O–H groups in total. The zero-order valence-corrected chi connectivity index (χ0v) is 15.0. The zero-order chi connectivity index (χ0) is 18.2. The number of aromatic nitrogens is 1. The number of piperidine rings is 1. The number of rotatable bonds is 5. The van der Waals surface area contributed by atoms with E-state index in [1.165, 1.54) is 21.1 Å². The molecule has 138 valence electrons. The molecular weight excluding hydrogens is 346 g/mol. The Kier molecular flexibility index (Phi) is 4.63. The highest BCUT2D eigenvalue weighted by atomic mass is 32.2. The van der Waals surface area contributed by atoms with Crippen LogP contribution in [0.5, 0.6) is 0 Å². The van der Waals surface area contributed by atoms with Crippen molar-refractivity contribution in [1.29, 1.82) is 0 Å². The molecule has 0 radical (unpaired) electrons. The quantitative estimate of drug-likeness (QED) is 0.803. The van der Waals surface area contributed by atoms with Crippen LogP contribution >= 0.6 is 0 Å². The molecule has 1 saturated carbocycles. The zero-order valence-electron chi connectivity index (χ0n) is 14.2. The first kappa shape index (κ1) is 17.9. The van der Waals surface area contributed by atoms with Gasteiger partial charge in [0.05, 0.1) is 0 Å². The van der Waals surface area contributed by atoms with Crippen molar-refractivity contribution < 1.29 is 23.1 Å². The van der Waals surface area contributed by atoms with Gasteiger partial charge in [-0.25, -0.2) is 13.2 Å². The van der Waals surface area contributed by atoms with E-state index in [9.17, 15) is 23.1 Å². The smallest absolute Gasteiger partial charge is 0.329 e. The van der Waals surface area contributed by atoms with E-state index in [1.807, 2.05) is 0 Å². The molecule has 1 aromatic rings. The van der Waals surface area contributed by atoms with E-state index in [0.717, 1.165) is 25.7 Å². The first-order chi connectivity index (χ1) is 11.8. The maximum absolute atomic E-state index is 12.7. The van der Waals surface area contributed by atoms with Crippen molar-refractivity contribution in [3.8, 4) is 0 Å². The molecule has 1 amide bonds. The minimum Gasteiger partial charge on any atom is -0.480 e. The van der Waals surface area contributed by atoms with Gasteiger partial charge in [-0.1, -0.05) is 6.42 Å². The van der Waals surface area contributed by atoms with E-state index in [1.54, 1.807) is 7.05 Å². The Labute approximate surface area is 146 Å². The lowest BCUT2D eigenvalue weighted by Crippen LogP contribution is -2.59. The number of hydrogen-bond donors (Lipinski definition) is 2. The van der Waals surface area contributed by atoms with Gasteiger partial charge >= 0.3 is 5.97 Å². The summed E-state index contributed by atoms with van der Waals surface area (Å²) in [5, 5.41) is 11.9. The Balaban J connectivity index is 1.82. The Morgan fingerprint density at radius 1 is 1.16 bits per heavy atom. The average Bonchev–Trinajstić information content (AvgIpc) is 2.94. The summed E-state index contributed by atoms with van der Waals surface area (Å²) in [6, 6.07) is 1.33. The number of carboxylic acids is 1. The standard InChI is InChI=1S/C16H23N3O5S/c1-18-11-12(25(23,24)19-8-3-2-4-9-19)10-13(18)14(20)17-16(15(21)22)6-5-7-16/h10-11H,2-9H2,1H3,(H,17,20)(H,21,22). The maximum Gasteiger partial charge on any atom is 0.329 e. The summed E-state index contributed by atoms with van der Waals surface area (Å²) in [6.07, 6.45) is 5.61. The molecule has 1 aliphatic carbocycles. The molecule has 0 bridgehead atoms. The van der Waals surface area contributed by atoms with E-state index in [-0.39, 0.29) is 10.6 Å². The van der Waals surface area contributed by atoms with Gasteiger partial charge in [0.15, 0.2) is 0 Å². The van der Waals surface area contributed by atoms with Gasteiger partial charge in [0.25, 0.3) is 5.91 Å². The number of nitrogens with one attached hydrogen (secondary N) is 1. The third kappa shape index (κ3) is 3.18. The normalized spacial score (nSPS) is 20.7. The van der Waals surface area contributed by atoms with Gasteiger partial charge in [-0.05, 0) is 38.2 Å². The van der Waals surface area contributed by atoms with E-state index in [4.69, 9.17) is 0 Å². The van der Waals surface area contributed by atoms with Crippen LogP contribution in [0.4, 0.5) is 0 Å². The minimum absolute atomic E-state index is 0.0695. The predicted octanol–water partition coefficient (Wildman–Crippen LogP) is 0.937. The fourth-order valence-electron chi connectivity index (χ4n) is 3.36. The van der Waals surface area contributed by atoms with Gasteiger partial charge in [-0.3, -0.25) is 4.79 Å². The van der Waals surface area contributed by atoms with Gasteiger partial charge in [0, 0.05) is 26.3 Å². The van der Waals surface area contributed by atoms with E-state index >= 15 is 0 Å². The Hall–Kier alpha value is -1.87. The second-order valence-electron chi connectivity index (χ2n) is 6.83. The Bertz CT molecular complexity index is 789. The van der Waals surface area contributed by atoms with Gasteiger partial charge in [-0.2, -0.15) is 4.31 Å². The van der Waals surface area contributed by atoms with Crippen molar-refractivity contribution in [3.63, 3.8) is 0 Å². The van der Waals surface area contributed by atoms with Crippen LogP contribution in [0, 0.1) is 0 Å².